The van der Waals surface area contributed by atoms with E-state index in [-0.39, 0.29) is 47.8 Å². The number of carbonyl (C=O) groups excluding carboxylic acids is 3. The van der Waals surface area contributed by atoms with Crippen molar-refractivity contribution in [3.8, 4) is 0 Å². The quantitative estimate of drug-likeness (QED) is 0.0693. The van der Waals surface area contributed by atoms with Gasteiger partial charge in [-0.3, -0.25) is 9.59 Å². The second-order valence-corrected chi connectivity index (χ2v) is 18.7. The van der Waals surface area contributed by atoms with Gasteiger partial charge in [0, 0.05) is 45.2 Å². The number of amides is 4. The van der Waals surface area contributed by atoms with Crippen molar-refractivity contribution in [1.82, 2.24) is 40.4 Å². The molecular weight excluding hydrogens is 841 g/mol. The predicted molar refractivity (Wildman–Crippen MR) is 252 cm³/mol. The largest absolute Gasteiger partial charge is 0.465 e. The number of nitrogens with one attached hydrogen (secondary N) is 4. The summed E-state index contributed by atoms with van der Waals surface area (Å²) in [5, 5.41) is 14.6. The molecule has 8 rings (SSSR count). The second kappa shape index (κ2) is 19.6. The maximum atomic E-state index is 13.9. The van der Waals surface area contributed by atoms with E-state index in [1.807, 2.05) is 32.6 Å². The van der Waals surface area contributed by atoms with Gasteiger partial charge in [0.2, 0.25) is 11.8 Å². The highest BCUT2D eigenvalue weighted by atomic mass is 16.5. The second-order valence-electron chi connectivity index (χ2n) is 18.7. The number of benzene rings is 3. The fourth-order valence-corrected chi connectivity index (χ4v) is 10.2. The van der Waals surface area contributed by atoms with Crippen LogP contribution in [0.1, 0.15) is 113 Å². The molecule has 5 N–H and O–H groups in total. The number of imidazole rings is 2. The average molecular weight is 905 g/mol. The summed E-state index contributed by atoms with van der Waals surface area (Å²) in [6.07, 6.45) is 3.07. The van der Waals surface area contributed by atoms with E-state index in [0.29, 0.717) is 25.5 Å². The number of H-pyrrole nitrogens is 2. The average Bonchev–Trinajstić information content (AvgIpc) is 4.16. The van der Waals surface area contributed by atoms with Crippen molar-refractivity contribution in [3.63, 3.8) is 0 Å². The molecule has 0 spiro atoms. The molecule has 3 fully saturated rings. The smallest absolute Gasteiger partial charge is 0.407 e. The molecule has 352 valence electrons. The van der Waals surface area contributed by atoms with E-state index in [1.165, 1.54) is 7.11 Å². The number of nitrogens with zero attached hydrogens (tertiary/aromatic N) is 6. The molecule has 17 nitrogen and oxygen atoms in total. The Morgan fingerprint density at radius 3 is 1.68 bits per heavy atom. The number of likely N-dealkylation sites (N-methyl/N-ethyl adjacent to an activating group) is 1. The first-order valence-corrected chi connectivity index (χ1v) is 23.3. The van der Waals surface area contributed by atoms with E-state index in [0.717, 1.165) is 95.5 Å². The Balaban J connectivity index is 1.09. The van der Waals surface area contributed by atoms with Gasteiger partial charge in [-0.15, -0.1) is 0 Å². The lowest BCUT2D eigenvalue weighted by atomic mass is 10.0. The van der Waals surface area contributed by atoms with Crippen molar-refractivity contribution in [2.24, 2.45) is 11.8 Å². The van der Waals surface area contributed by atoms with Gasteiger partial charge >= 0.3 is 12.2 Å². The minimum atomic E-state index is -1.22. The molecule has 0 bridgehead atoms. The van der Waals surface area contributed by atoms with Gasteiger partial charge in [-0.05, 0) is 110 Å². The zero-order valence-electron chi connectivity index (χ0n) is 39.0. The number of hydrogen-bond donors (Lipinski definition) is 5. The van der Waals surface area contributed by atoms with Crippen LogP contribution in [0.4, 0.5) is 21.0 Å². The maximum Gasteiger partial charge on any atom is 0.407 e. The highest BCUT2D eigenvalue weighted by Crippen LogP contribution is 2.48. The van der Waals surface area contributed by atoms with Crippen LogP contribution in [0.5, 0.6) is 0 Å². The van der Waals surface area contributed by atoms with Gasteiger partial charge in [-0.2, -0.15) is 0 Å². The molecule has 3 aliphatic rings. The van der Waals surface area contributed by atoms with Gasteiger partial charge < -0.3 is 54.8 Å². The van der Waals surface area contributed by atoms with Crippen LogP contribution in [-0.2, 0) is 19.1 Å². The third-order valence-electron chi connectivity index (χ3n) is 13.7. The van der Waals surface area contributed by atoms with Crippen LogP contribution in [0.3, 0.4) is 0 Å². The summed E-state index contributed by atoms with van der Waals surface area (Å²) in [7, 11) is 5.07. The van der Waals surface area contributed by atoms with Crippen LogP contribution in [0.2, 0.25) is 0 Å². The molecule has 6 atom stereocenters. The number of carboxylic acid groups (broad SMARTS) is 1. The number of carbonyl (C=O) groups is 4. The third kappa shape index (κ3) is 9.35. The van der Waals surface area contributed by atoms with Crippen molar-refractivity contribution < 1.29 is 33.8 Å². The summed E-state index contributed by atoms with van der Waals surface area (Å²) in [5.41, 5.74) is 7.90. The van der Waals surface area contributed by atoms with Crippen LogP contribution < -0.4 is 20.4 Å². The van der Waals surface area contributed by atoms with E-state index < -0.39 is 24.3 Å². The lowest BCUT2D eigenvalue weighted by molar-refractivity contribution is -0.136. The van der Waals surface area contributed by atoms with Crippen molar-refractivity contribution in [3.05, 3.63) is 83.4 Å². The molecule has 5 heterocycles. The maximum absolute atomic E-state index is 13.9. The highest BCUT2D eigenvalue weighted by Gasteiger charge is 2.40. The minimum Gasteiger partial charge on any atom is -0.465 e. The number of aromatic nitrogens is 4. The molecule has 0 saturated carbocycles. The summed E-state index contributed by atoms with van der Waals surface area (Å²) in [6.45, 7) is 10.0. The van der Waals surface area contributed by atoms with E-state index in [2.05, 4.69) is 98.1 Å². The van der Waals surface area contributed by atoms with E-state index in [1.54, 1.807) is 12.0 Å². The molecule has 3 aromatic carbocycles. The first-order valence-electron chi connectivity index (χ1n) is 23.3. The third-order valence-corrected chi connectivity index (χ3v) is 13.7. The Morgan fingerprint density at radius 1 is 0.727 bits per heavy atom. The van der Waals surface area contributed by atoms with Crippen LogP contribution in [0, 0.1) is 11.8 Å². The molecule has 4 amide bonds. The van der Waals surface area contributed by atoms with Gasteiger partial charge in [0.05, 0.1) is 60.0 Å². The molecule has 17 heteroatoms. The number of likely N-dealkylation sites (tertiary alicyclic amines) is 2. The number of fused-ring (bicyclic) bond motifs is 2. The van der Waals surface area contributed by atoms with Crippen LogP contribution in [0.25, 0.3) is 22.1 Å². The Morgan fingerprint density at radius 2 is 1.23 bits per heavy atom. The molecule has 3 aliphatic heterocycles. The number of anilines is 2. The van der Waals surface area contributed by atoms with E-state index >= 15 is 0 Å². The Labute approximate surface area is 385 Å². The Bertz CT molecular complexity index is 2540. The number of methoxy groups -OCH3 is 2. The van der Waals surface area contributed by atoms with E-state index in [4.69, 9.17) is 19.4 Å². The zero-order valence-corrected chi connectivity index (χ0v) is 39.0. The number of rotatable bonds is 15. The fourth-order valence-electron chi connectivity index (χ4n) is 10.2. The van der Waals surface area contributed by atoms with Crippen molar-refractivity contribution in [2.45, 2.75) is 102 Å². The SMILES string of the molecule is COCCN(C)c1ccc(N2[C@H](c3ccc4nc([C@@H]5CCCN5C(=O)[C@@H](NC(=O)O)C(C)C)[nH]c4c3)CC[C@H]2c2ccc3nc([C@@H]4CCCN4C(=O)[C@@H](NC(=O)OC)C(C)C)[nH]c3c2)cc1. The Kier molecular flexibility index (Phi) is 13.7. The van der Waals surface area contributed by atoms with Gasteiger partial charge in [0.1, 0.15) is 23.7 Å². The first-order chi connectivity index (χ1) is 31.8. The molecule has 66 heavy (non-hydrogen) atoms. The summed E-state index contributed by atoms with van der Waals surface area (Å²) < 4.78 is 10.2. The number of aromatic amines is 2. The lowest BCUT2D eigenvalue weighted by Crippen LogP contribution is -2.51. The van der Waals surface area contributed by atoms with Crippen LogP contribution in [0.15, 0.2) is 60.7 Å². The van der Waals surface area contributed by atoms with E-state index in [9.17, 15) is 24.3 Å². The lowest BCUT2D eigenvalue weighted by Gasteiger charge is -2.34. The standard InChI is InChI=1S/C49H64N10O7/c1-28(2)42(54-48(62)63)46(60)57-22-8-10-40(57)44-50-34-18-12-30(26-36(34)52-44)38-20-21-39(59(38)33-16-14-32(15-17-33)56(5)24-25-65-6)31-13-19-35-37(27-31)53-45(51-35)41-11-9-23-58(41)47(61)43(29(3)4)55-49(64)66-7/h12-19,26-29,38-43,54H,8-11,20-25H2,1-7H3,(H,50,52)(H,51,53)(H,55,64)(H,62,63)/t38-,39-,40-,41-,42-,43-/m0/s1. The molecule has 2 aromatic heterocycles. The van der Waals surface area contributed by atoms with Gasteiger partial charge in [-0.1, -0.05) is 39.8 Å². The minimum absolute atomic E-state index is 0.0280. The topological polar surface area (TPSA) is 201 Å². The Hall–Kier alpha value is -6.36. The summed E-state index contributed by atoms with van der Waals surface area (Å²) in [5.74, 6) is 0.721. The first kappa shape index (κ1) is 46.2. The number of hydrogen-bond acceptors (Lipinski definition) is 10. The van der Waals surface area contributed by atoms with Crippen molar-refractivity contribution >= 4 is 57.4 Å². The van der Waals surface area contributed by atoms with Crippen LogP contribution >= 0.6 is 0 Å². The summed E-state index contributed by atoms with van der Waals surface area (Å²) in [4.78, 5) is 76.9. The summed E-state index contributed by atoms with van der Waals surface area (Å²) in [6, 6.07) is 19.5. The monoisotopic (exact) mass is 904 g/mol. The predicted octanol–water partition coefficient (Wildman–Crippen LogP) is 7.60. The van der Waals surface area contributed by atoms with Gasteiger partial charge in [0.15, 0.2) is 0 Å². The normalized spacial score (nSPS) is 20.7. The van der Waals surface area contributed by atoms with Gasteiger partial charge in [0.25, 0.3) is 0 Å². The molecule has 0 radical (unpaired) electrons. The van der Waals surface area contributed by atoms with Crippen molar-refractivity contribution in [2.75, 3.05) is 57.3 Å². The van der Waals surface area contributed by atoms with Crippen molar-refractivity contribution in [1.29, 1.82) is 0 Å². The fraction of sp³-hybridized carbons (Fsp3) is 0.510. The number of ether oxygens (including phenoxy) is 2. The molecule has 0 aliphatic carbocycles. The molecular formula is C49H64N10O7. The van der Waals surface area contributed by atoms with Gasteiger partial charge in [-0.25, -0.2) is 19.6 Å². The molecule has 3 saturated heterocycles. The zero-order chi connectivity index (χ0) is 46.8. The number of alkyl carbamates (subject to hydrolysis) is 1. The molecule has 0 unspecified atom stereocenters. The highest BCUT2D eigenvalue weighted by molar-refractivity contribution is 5.87. The van der Waals surface area contributed by atoms with Crippen LogP contribution in [-0.4, -0.2) is 118 Å². The summed E-state index contributed by atoms with van der Waals surface area (Å²) >= 11 is 0. The molecule has 5 aromatic rings.